The minimum atomic E-state index is -0.758. The van der Waals surface area contributed by atoms with Crippen LogP contribution >= 0.6 is 0 Å². The minimum Gasteiger partial charge on any atom is -0.368 e. The van der Waals surface area contributed by atoms with Gasteiger partial charge in [-0.25, -0.2) is 0 Å². The van der Waals surface area contributed by atoms with Gasteiger partial charge in [0.25, 0.3) is 5.91 Å². The predicted octanol–water partition coefficient (Wildman–Crippen LogP) is 2.21. The standard InChI is InChI=1S/C19H23N3O2/c1-19(2,3)15-6-4-13(5-7-15)12-16(17(20)23)22-18(24)14-8-10-21-11-9-14/h4-11,16H,12H2,1-3H3,(H2,20,23)(H,22,24)/t16-/m1/s1. The van der Waals surface area contributed by atoms with E-state index in [1.165, 1.54) is 18.0 Å². The highest BCUT2D eigenvalue weighted by Gasteiger charge is 2.20. The highest BCUT2D eigenvalue weighted by Crippen LogP contribution is 2.22. The molecule has 2 aromatic rings. The molecule has 0 saturated heterocycles. The molecular weight excluding hydrogens is 302 g/mol. The lowest BCUT2D eigenvalue weighted by atomic mass is 9.86. The van der Waals surface area contributed by atoms with Gasteiger partial charge in [-0.05, 0) is 28.7 Å². The van der Waals surface area contributed by atoms with E-state index in [1.54, 1.807) is 12.1 Å². The Balaban J connectivity index is 2.09. The molecule has 0 bridgehead atoms. The zero-order valence-corrected chi connectivity index (χ0v) is 14.2. The van der Waals surface area contributed by atoms with Gasteiger partial charge in [-0.3, -0.25) is 14.6 Å². The van der Waals surface area contributed by atoms with Gasteiger partial charge in [0.1, 0.15) is 6.04 Å². The quantitative estimate of drug-likeness (QED) is 0.884. The van der Waals surface area contributed by atoms with Gasteiger partial charge in [0.05, 0.1) is 0 Å². The number of nitrogens with one attached hydrogen (secondary N) is 1. The van der Waals surface area contributed by atoms with Gasteiger partial charge in [-0.2, -0.15) is 0 Å². The van der Waals surface area contributed by atoms with E-state index < -0.39 is 11.9 Å². The van der Waals surface area contributed by atoms with Crippen LogP contribution in [0, 0.1) is 0 Å². The number of hydrogen-bond donors (Lipinski definition) is 2. The number of amides is 2. The molecule has 5 heteroatoms. The van der Waals surface area contributed by atoms with Crippen molar-refractivity contribution in [3.05, 3.63) is 65.5 Å². The van der Waals surface area contributed by atoms with Crippen molar-refractivity contribution in [2.75, 3.05) is 0 Å². The van der Waals surface area contributed by atoms with Crippen molar-refractivity contribution in [1.82, 2.24) is 10.3 Å². The molecule has 0 aliphatic carbocycles. The zero-order valence-electron chi connectivity index (χ0n) is 14.2. The van der Waals surface area contributed by atoms with Crippen molar-refractivity contribution in [2.24, 2.45) is 5.73 Å². The third kappa shape index (κ3) is 4.65. The first-order valence-electron chi connectivity index (χ1n) is 7.87. The van der Waals surface area contributed by atoms with Crippen molar-refractivity contribution in [2.45, 2.75) is 38.6 Å². The van der Waals surface area contributed by atoms with E-state index in [0.717, 1.165) is 5.56 Å². The third-order valence-corrected chi connectivity index (χ3v) is 3.85. The number of aromatic nitrogens is 1. The second-order valence-electron chi connectivity index (χ2n) is 6.82. The summed E-state index contributed by atoms with van der Waals surface area (Å²) >= 11 is 0. The number of nitrogens with two attached hydrogens (primary N) is 1. The lowest BCUT2D eigenvalue weighted by Gasteiger charge is -2.20. The summed E-state index contributed by atoms with van der Waals surface area (Å²) in [6, 6.07) is 10.4. The average molecular weight is 325 g/mol. The van der Waals surface area contributed by atoms with E-state index in [9.17, 15) is 9.59 Å². The number of pyridine rings is 1. The highest BCUT2D eigenvalue weighted by molar-refractivity contribution is 5.97. The molecule has 0 aliphatic heterocycles. The van der Waals surface area contributed by atoms with Crippen molar-refractivity contribution in [1.29, 1.82) is 0 Å². The van der Waals surface area contributed by atoms with E-state index in [1.807, 2.05) is 24.3 Å². The first kappa shape index (κ1) is 17.7. The summed E-state index contributed by atoms with van der Waals surface area (Å²) in [6.45, 7) is 6.43. The average Bonchev–Trinajstić information content (AvgIpc) is 2.54. The Kier molecular flexibility index (Phi) is 5.34. The fourth-order valence-corrected chi connectivity index (χ4v) is 2.34. The third-order valence-electron chi connectivity index (χ3n) is 3.85. The van der Waals surface area contributed by atoms with Crippen LogP contribution in [-0.4, -0.2) is 22.8 Å². The molecule has 0 aliphatic rings. The van der Waals surface area contributed by atoms with Gasteiger partial charge in [0.2, 0.25) is 5.91 Å². The molecule has 3 N–H and O–H groups in total. The molecule has 126 valence electrons. The molecule has 0 radical (unpaired) electrons. The van der Waals surface area contributed by atoms with E-state index in [2.05, 4.69) is 31.1 Å². The van der Waals surface area contributed by atoms with Crippen LogP contribution in [0.5, 0.6) is 0 Å². The fourth-order valence-electron chi connectivity index (χ4n) is 2.34. The largest absolute Gasteiger partial charge is 0.368 e. The Labute approximate surface area is 142 Å². The Morgan fingerprint density at radius 2 is 1.67 bits per heavy atom. The molecule has 0 saturated carbocycles. The van der Waals surface area contributed by atoms with E-state index in [-0.39, 0.29) is 11.3 Å². The van der Waals surface area contributed by atoms with Crippen LogP contribution in [0.3, 0.4) is 0 Å². The molecule has 1 atom stereocenters. The molecule has 1 heterocycles. The number of rotatable bonds is 5. The molecule has 1 aromatic heterocycles. The number of nitrogens with zero attached hydrogens (tertiary/aromatic N) is 1. The summed E-state index contributed by atoms with van der Waals surface area (Å²) in [5, 5.41) is 2.68. The Morgan fingerprint density at radius 1 is 1.08 bits per heavy atom. The lowest BCUT2D eigenvalue weighted by Crippen LogP contribution is -2.45. The van der Waals surface area contributed by atoms with Crippen LogP contribution in [-0.2, 0) is 16.6 Å². The van der Waals surface area contributed by atoms with Gasteiger partial charge in [-0.1, -0.05) is 45.0 Å². The van der Waals surface area contributed by atoms with Crippen molar-refractivity contribution >= 4 is 11.8 Å². The first-order valence-corrected chi connectivity index (χ1v) is 7.87. The van der Waals surface area contributed by atoms with E-state index in [0.29, 0.717) is 12.0 Å². The number of carbonyl (C=O) groups is 2. The van der Waals surface area contributed by atoms with Gasteiger partial charge in [0, 0.05) is 24.4 Å². The maximum atomic E-state index is 12.2. The summed E-state index contributed by atoms with van der Waals surface area (Å²) in [5.74, 6) is -0.898. The number of carbonyl (C=O) groups excluding carboxylic acids is 2. The van der Waals surface area contributed by atoms with E-state index >= 15 is 0 Å². The van der Waals surface area contributed by atoms with Gasteiger partial charge < -0.3 is 11.1 Å². The summed E-state index contributed by atoms with van der Waals surface area (Å²) < 4.78 is 0. The van der Waals surface area contributed by atoms with Crippen LogP contribution in [0.25, 0.3) is 0 Å². The van der Waals surface area contributed by atoms with Crippen molar-refractivity contribution < 1.29 is 9.59 Å². The SMILES string of the molecule is CC(C)(C)c1ccc(C[C@@H](NC(=O)c2ccncc2)C(N)=O)cc1. The van der Waals surface area contributed by atoms with Crippen LogP contribution in [0.1, 0.15) is 42.3 Å². The predicted molar refractivity (Wildman–Crippen MR) is 93.5 cm³/mol. The fraction of sp³-hybridized carbons (Fsp3) is 0.316. The van der Waals surface area contributed by atoms with E-state index in [4.69, 9.17) is 5.73 Å². The van der Waals surface area contributed by atoms with Gasteiger partial charge in [-0.15, -0.1) is 0 Å². The number of benzene rings is 1. The first-order chi connectivity index (χ1) is 11.3. The Bertz CT molecular complexity index is 704. The molecule has 2 amide bonds. The Morgan fingerprint density at radius 3 is 2.17 bits per heavy atom. The minimum absolute atomic E-state index is 0.0666. The van der Waals surface area contributed by atoms with Crippen LogP contribution < -0.4 is 11.1 Å². The molecule has 2 rings (SSSR count). The topological polar surface area (TPSA) is 85.1 Å². The lowest BCUT2D eigenvalue weighted by molar-refractivity contribution is -0.119. The van der Waals surface area contributed by atoms with Crippen LogP contribution in [0.2, 0.25) is 0 Å². The highest BCUT2D eigenvalue weighted by atomic mass is 16.2. The molecule has 24 heavy (non-hydrogen) atoms. The second kappa shape index (κ2) is 7.25. The summed E-state index contributed by atoms with van der Waals surface area (Å²) in [6.07, 6.45) is 3.41. The normalized spacial score (nSPS) is 12.5. The molecule has 5 nitrogen and oxygen atoms in total. The number of hydrogen-bond acceptors (Lipinski definition) is 3. The van der Waals surface area contributed by atoms with Crippen molar-refractivity contribution in [3.8, 4) is 0 Å². The van der Waals surface area contributed by atoms with Gasteiger partial charge in [0.15, 0.2) is 0 Å². The monoisotopic (exact) mass is 325 g/mol. The maximum absolute atomic E-state index is 12.2. The summed E-state index contributed by atoms with van der Waals surface area (Å²) in [7, 11) is 0. The number of primary amides is 1. The summed E-state index contributed by atoms with van der Waals surface area (Å²) in [5.41, 5.74) is 8.11. The van der Waals surface area contributed by atoms with Crippen molar-refractivity contribution in [3.63, 3.8) is 0 Å². The van der Waals surface area contributed by atoms with Crippen LogP contribution in [0.15, 0.2) is 48.8 Å². The van der Waals surface area contributed by atoms with Crippen LogP contribution in [0.4, 0.5) is 0 Å². The molecular formula is C19H23N3O2. The molecule has 0 unspecified atom stereocenters. The Hall–Kier alpha value is -2.69. The summed E-state index contributed by atoms with van der Waals surface area (Å²) in [4.78, 5) is 27.7. The maximum Gasteiger partial charge on any atom is 0.252 e. The zero-order chi connectivity index (χ0) is 17.7. The molecule has 0 fully saturated rings. The van der Waals surface area contributed by atoms with Gasteiger partial charge >= 0.3 is 0 Å². The molecule has 0 spiro atoms. The molecule has 1 aromatic carbocycles. The second-order valence-corrected chi connectivity index (χ2v) is 6.82. The smallest absolute Gasteiger partial charge is 0.252 e.